The Morgan fingerprint density at radius 2 is 1.75 bits per heavy atom. The Balaban J connectivity index is 1.71. The van der Waals surface area contributed by atoms with Crippen LogP contribution < -0.4 is 5.32 Å². The summed E-state index contributed by atoms with van der Waals surface area (Å²) in [7, 11) is 0. The van der Waals surface area contributed by atoms with Gasteiger partial charge in [0.1, 0.15) is 5.75 Å². The molecule has 4 aromatic rings. The Labute approximate surface area is 172 Å². The highest BCUT2D eigenvalue weighted by Gasteiger charge is 2.36. The molecule has 0 unspecified atom stereocenters. The molecule has 0 amide bonds. The summed E-state index contributed by atoms with van der Waals surface area (Å²) in [6.45, 7) is 0.877. The molecule has 5 rings (SSSR count). The number of aromatic nitrogens is 1. The van der Waals surface area contributed by atoms with E-state index in [2.05, 4.69) is 28.5 Å². The summed E-state index contributed by atoms with van der Waals surface area (Å²) < 4.78 is 0. The maximum absolute atomic E-state index is 9.66. The van der Waals surface area contributed by atoms with Crippen molar-refractivity contribution in [3.8, 4) is 5.75 Å². The Hall–Kier alpha value is -2.46. The SMILES string of the molecule is Oc1ccc([C@@H]2[NH2+]C[C@@H](c3ccc(Cl)cc3Cl)c3c2[nH]c2ccccc32)cc1. The molecule has 5 heteroatoms. The Morgan fingerprint density at radius 3 is 2.54 bits per heavy atom. The van der Waals surface area contributed by atoms with E-state index in [1.165, 1.54) is 16.6 Å². The van der Waals surface area contributed by atoms with E-state index in [-0.39, 0.29) is 17.7 Å². The highest BCUT2D eigenvalue weighted by Crippen LogP contribution is 2.41. The molecule has 0 fully saturated rings. The first-order valence-corrected chi connectivity index (χ1v) is 10.0. The molecule has 1 aromatic heterocycles. The Kier molecular flexibility index (Phi) is 4.31. The molecule has 0 radical (unpaired) electrons. The number of nitrogens with one attached hydrogen (secondary N) is 1. The number of benzene rings is 3. The monoisotopic (exact) mass is 409 g/mol. The van der Waals surface area contributed by atoms with E-state index >= 15 is 0 Å². The van der Waals surface area contributed by atoms with Crippen LogP contribution in [-0.2, 0) is 0 Å². The van der Waals surface area contributed by atoms with E-state index in [0.717, 1.165) is 23.2 Å². The molecular weight excluding hydrogens is 391 g/mol. The summed E-state index contributed by atoms with van der Waals surface area (Å²) >= 11 is 12.7. The number of aromatic hydroxyl groups is 1. The number of hydrogen-bond acceptors (Lipinski definition) is 1. The van der Waals surface area contributed by atoms with Gasteiger partial charge in [-0.25, -0.2) is 0 Å². The number of nitrogens with two attached hydrogens (primary N) is 1. The van der Waals surface area contributed by atoms with Crippen LogP contribution in [0.3, 0.4) is 0 Å². The number of rotatable bonds is 2. The number of fused-ring (bicyclic) bond motifs is 3. The van der Waals surface area contributed by atoms with Gasteiger partial charge in [-0.15, -0.1) is 0 Å². The molecule has 0 saturated heterocycles. The maximum Gasteiger partial charge on any atom is 0.153 e. The average molecular weight is 410 g/mol. The highest BCUT2D eigenvalue weighted by atomic mass is 35.5. The minimum Gasteiger partial charge on any atom is -0.508 e. The predicted octanol–water partition coefficient (Wildman–Crippen LogP) is 4.98. The minimum absolute atomic E-state index is 0.144. The lowest BCUT2D eigenvalue weighted by molar-refractivity contribution is -0.692. The minimum atomic E-state index is 0.144. The predicted molar refractivity (Wildman–Crippen MR) is 113 cm³/mol. The smallest absolute Gasteiger partial charge is 0.153 e. The standard InChI is InChI=1S/C23H18Cl2N2O/c24-14-7-10-16(19(25)11-14)18-12-26-22(13-5-8-15(28)9-6-13)23-21(18)17-3-1-2-4-20(17)27-23/h1-11,18,22,26-28H,12H2/p+1/t18-,22-/m0/s1. The third-order valence-electron chi connectivity index (χ3n) is 5.63. The molecule has 0 bridgehead atoms. The number of phenols is 1. The third kappa shape index (κ3) is 2.87. The number of hydrogen-bond donors (Lipinski definition) is 3. The normalized spacial score (nSPS) is 18.9. The number of H-pyrrole nitrogens is 1. The summed E-state index contributed by atoms with van der Waals surface area (Å²) in [6, 6.07) is 21.8. The zero-order chi connectivity index (χ0) is 19.3. The van der Waals surface area contributed by atoms with E-state index in [1.54, 1.807) is 12.1 Å². The first kappa shape index (κ1) is 17.6. The van der Waals surface area contributed by atoms with Crippen LogP contribution in [0.4, 0.5) is 0 Å². The lowest BCUT2D eigenvalue weighted by Crippen LogP contribution is -2.88. The molecule has 3 nitrogen and oxygen atoms in total. The molecule has 3 aromatic carbocycles. The van der Waals surface area contributed by atoms with Crippen molar-refractivity contribution in [2.75, 3.05) is 6.54 Å². The van der Waals surface area contributed by atoms with Gasteiger partial charge in [0.25, 0.3) is 0 Å². The summed E-state index contributed by atoms with van der Waals surface area (Å²) in [6.07, 6.45) is 0. The molecule has 140 valence electrons. The van der Waals surface area contributed by atoms with Crippen molar-refractivity contribution in [3.63, 3.8) is 0 Å². The summed E-state index contributed by atoms with van der Waals surface area (Å²) in [4.78, 5) is 3.65. The fraction of sp³-hybridized carbons (Fsp3) is 0.130. The van der Waals surface area contributed by atoms with Crippen molar-refractivity contribution < 1.29 is 10.4 Å². The largest absolute Gasteiger partial charge is 0.508 e. The average Bonchev–Trinajstić information content (AvgIpc) is 3.08. The number of halogens is 2. The molecule has 2 atom stereocenters. The topological polar surface area (TPSA) is 52.6 Å². The van der Waals surface area contributed by atoms with Crippen LogP contribution >= 0.6 is 23.2 Å². The zero-order valence-electron chi connectivity index (χ0n) is 15.0. The lowest BCUT2D eigenvalue weighted by atomic mass is 9.83. The molecule has 1 aliphatic rings. The van der Waals surface area contributed by atoms with E-state index in [0.29, 0.717) is 10.0 Å². The van der Waals surface area contributed by atoms with Crippen molar-refractivity contribution in [2.24, 2.45) is 0 Å². The Morgan fingerprint density at radius 1 is 0.964 bits per heavy atom. The van der Waals surface area contributed by atoms with Gasteiger partial charge in [-0.3, -0.25) is 0 Å². The van der Waals surface area contributed by atoms with Gasteiger partial charge < -0.3 is 15.4 Å². The lowest BCUT2D eigenvalue weighted by Gasteiger charge is -2.29. The molecule has 0 spiro atoms. The second-order valence-electron chi connectivity index (χ2n) is 7.26. The van der Waals surface area contributed by atoms with E-state index < -0.39 is 0 Å². The van der Waals surface area contributed by atoms with E-state index in [4.69, 9.17) is 23.2 Å². The van der Waals surface area contributed by atoms with Crippen LogP contribution in [0.2, 0.25) is 10.0 Å². The summed E-state index contributed by atoms with van der Waals surface area (Å²) in [5.74, 6) is 0.450. The Bertz CT molecular complexity index is 1170. The van der Waals surface area contributed by atoms with Gasteiger partial charge in [0.15, 0.2) is 6.04 Å². The summed E-state index contributed by atoms with van der Waals surface area (Å²) in [5.41, 5.74) is 5.86. The molecule has 4 N–H and O–H groups in total. The van der Waals surface area contributed by atoms with E-state index in [1.807, 2.05) is 36.4 Å². The van der Waals surface area contributed by atoms with Crippen molar-refractivity contribution in [1.29, 1.82) is 0 Å². The van der Waals surface area contributed by atoms with Crippen molar-refractivity contribution in [2.45, 2.75) is 12.0 Å². The van der Waals surface area contributed by atoms with Gasteiger partial charge in [0, 0.05) is 32.1 Å². The molecule has 0 saturated carbocycles. The van der Waals surface area contributed by atoms with Crippen LogP contribution in [0.5, 0.6) is 5.75 Å². The molecule has 2 heterocycles. The van der Waals surface area contributed by atoms with Gasteiger partial charge in [-0.05, 0) is 48.0 Å². The van der Waals surface area contributed by atoms with Crippen LogP contribution in [0, 0.1) is 0 Å². The molecule has 1 aliphatic heterocycles. The van der Waals surface area contributed by atoms with Gasteiger partial charge in [0.05, 0.1) is 18.2 Å². The van der Waals surface area contributed by atoms with Gasteiger partial charge in [-0.1, -0.05) is 47.5 Å². The van der Waals surface area contributed by atoms with Gasteiger partial charge in [-0.2, -0.15) is 0 Å². The first-order chi connectivity index (χ1) is 13.6. The molecular formula is C23H19Cl2N2O+. The number of phenolic OH excluding ortho intramolecular Hbond substituents is 1. The van der Waals surface area contributed by atoms with Crippen LogP contribution in [-0.4, -0.2) is 16.6 Å². The van der Waals surface area contributed by atoms with Gasteiger partial charge >= 0.3 is 0 Å². The zero-order valence-corrected chi connectivity index (χ0v) is 16.5. The van der Waals surface area contributed by atoms with Crippen LogP contribution in [0.15, 0.2) is 66.7 Å². The van der Waals surface area contributed by atoms with Crippen molar-refractivity contribution >= 4 is 34.1 Å². The number of para-hydroxylation sites is 1. The third-order valence-corrected chi connectivity index (χ3v) is 6.20. The molecule has 0 aliphatic carbocycles. The summed E-state index contributed by atoms with van der Waals surface area (Å²) in [5, 5.41) is 14.6. The van der Waals surface area contributed by atoms with Crippen LogP contribution in [0.1, 0.15) is 34.3 Å². The number of quaternary nitrogens is 1. The van der Waals surface area contributed by atoms with Crippen molar-refractivity contribution in [3.05, 3.63) is 99.2 Å². The van der Waals surface area contributed by atoms with Crippen LogP contribution in [0.25, 0.3) is 10.9 Å². The van der Waals surface area contributed by atoms with E-state index in [9.17, 15) is 5.11 Å². The van der Waals surface area contributed by atoms with Gasteiger partial charge in [0.2, 0.25) is 0 Å². The quantitative estimate of drug-likeness (QED) is 0.429. The number of aromatic amines is 1. The second-order valence-corrected chi connectivity index (χ2v) is 8.10. The maximum atomic E-state index is 9.66. The fourth-order valence-electron chi connectivity index (χ4n) is 4.36. The molecule has 28 heavy (non-hydrogen) atoms. The highest BCUT2D eigenvalue weighted by molar-refractivity contribution is 6.35. The van der Waals surface area contributed by atoms with Crippen molar-refractivity contribution in [1.82, 2.24) is 4.98 Å². The second kappa shape index (κ2) is 6.85. The first-order valence-electron chi connectivity index (χ1n) is 9.29. The fourth-order valence-corrected chi connectivity index (χ4v) is 4.90.